The van der Waals surface area contributed by atoms with Crippen LogP contribution < -0.4 is 5.32 Å². The number of hydrogen-bond donors (Lipinski definition) is 2. The maximum atomic E-state index is 11.7. The number of carboxylic acids is 1. The highest BCUT2D eigenvalue weighted by Crippen LogP contribution is 1.97. The summed E-state index contributed by atoms with van der Waals surface area (Å²) in [4.78, 5) is 24.0. The van der Waals surface area contributed by atoms with Gasteiger partial charge >= 0.3 is 5.97 Å². The molecule has 5 heteroatoms. The molecule has 0 atom stereocenters. The third kappa shape index (κ3) is 7.74. The smallest absolute Gasteiger partial charge is 0.317 e. The quantitative estimate of drug-likeness (QED) is 0.637. The highest BCUT2D eigenvalue weighted by Gasteiger charge is 2.14. The normalized spacial score (nSPS) is 10.9. The fourth-order valence-electron chi connectivity index (χ4n) is 1.69. The van der Waals surface area contributed by atoms with Crippen LogP contribution in [-0.2, 0) is 9.59 Å². The summed E-state index contributed by atoms with van der Waals surface area (Å²) in [6.07, 6.45) is 2.63. The molecule has 100 valence electrons. The van der Waals surface area contributed by atoms with Crippen LogP contribution in [0.5, 0.6) is 0 Å². The first-order valence-corrected chi connectivity index (χ1v) is 6.26. The largest absolute Gasteiger partial charge is 0.480 e. The first-order chi connectivity index (χ1) is 8.03. The number of hydrogen-bond acceptors (Lipinski definition) is 3. The number of amides is 1. The summed E-state index contributed by atoms with van der Waals surface area (Å²) in [6.45, 7) is 6.72. The van der Waals surface area contributed by atoms with Crippen LogP contribution in [0.4, 0.5) is 0 Å². The van der Waals surface area contributed by atoms with Gasteiger partial charge in [0.15, 0.2) is 0 Å². The summed E-state index contributed by atoms with van der Waals surface area (Å²) < 4.78 is 0. The van der Waals surface area contributed by atoms with Crippen LogP contribution in [0, 0.1) is 0 Å². The Labute approximate surface area is 103 Å². The number of carbonyl (C=O) groups excluding carboxylic acids is 1. The Morgan fingerprint density at radius 3 is 2.18 bits per heavy atom. The fraction of sp³-hybridized carbons (Fsp3) is 0.833. The molecule has 0 aromatic heterocycles. The lowest BCUT2D eigenvalue weighted by Crippen LogP contribution is -2.43. The Morgan fingerprint density at radius 1 is 1.18 bits per heavy atom. The molecule has 0 unspecified atom stereocenters. The van der Waals surface area contributed by atoms with Gasteiger partial charge in [-0.25, -0.2) is 0 Å². The monoisotopic (exact) mass is 244 g/mol. The molecule has 0 aromatic carbocycles. The number of aliphatic carboxylic acids is 1. The van der Waals surface area contributed by atoms with Gasteiger partial charge in [0.2, 0.25) is 5.91 Å². The van der Waals surface area contributed by atoms with Gasteiger partial charge in [0, 0.05) is 6.04 Å². The maximum Gasteiger partial charge on any atom is 0.317 e. The Bertz CT molecular complexity index is 240. The topological polar surface area (TPSA) is 69.6 Å². The Balaban J connectivity index is 4.14. The van der Waals surface area contributed by atoms with Gasteiger partial charge in [-0.15, -0.1) is 0 Å². The van der Waals surface area contributed by atoms with Crippen LogP contribution in [0.25, 0.3) is 0 Å². The molecule has 17 heavy (non-hydrogen) atoms. The van der Waals surface area contributed by atoms with E-state index in [1.807, 2.05) is 20.8 Å². The Kier molecular flexibility index (Phi) is 8.40. The zero-order valence-electron chi connectivity index (χ0n) is 11.0. The summed E-state index contributed by atoms with van der Waals surface area (Å²) in [6, 6.07) is 0.191. The standard InChI is InChI=1S/C12H24N2O3/c1-4-7-14(9-12(16)17)8-11(15)13-10(5-2)6-3/h10H,4-9H2,1-3H3,(H,13,15)(H,16,17). The molecule has 0 radical (unpaired) electrons. The molecule has 5 nitrogen and oxygen atoms in total. The van der Waals surface area contributed by atoms with Crippen molar-refractivity contribution in [2.75, 3.05) is 19.6 Å². The Hall–Kier alpha value is -1.10. The minimum Gasteiger partial charge on any atom is -0.480 e. The van der Waals surface area contributed by atoms with Crippen molar-refractivity contribution in [3.63, 3.8) is 0 Å². The van der Waals surface area contributed by atoms with E-state index in [0.717, 1.165) is 19.3 Å². The van der Waals surface area contributed by atoms with Gasteiger partial charge in [-0.2, -0.15) is 0 Å². The number of nitrogens with one attached hydrogen (secondary N) is 1. The highest BCUT2D eigenvalue weighted by molar-refractivity contribution is 5.79. The molecule has 2 N–H and O–H groups in total. The molecular formula is C12H24N2O3. The average molecular weight is 244 g/mol. The van der Waals surface area contributed by atoms with Crippen LogP contribution >= 0.6 is 0 Å². The molecule has 0 heterocycles. The second kappa shape index (κ2) is 8.98. The SMILES string of the molecule is CCCN(CC(=O)O)CC(=O)NC(CC)CC. The lowest BCUT2D eigenvalue weighted by molar-refractivity contribution is -0.138. The van der Waals surface area contributed by atoms with E-state index < -0.39 is 5.97 Å². The second-order valence-electron chi connectivity index (χ2n) is 4.19. The predicted octanol–water partition coefficient (Wildman–Crippen LogP) is 1.09. The molecular weight excluding hydrogens is 220 g/mol. The van der Waals surface area contributed by atoms with Crippen LogP contribution in [-0.4, -0.2) is 47.6 Å². The van der Waals surface area contributed by atoms with Crippen molar-refractivity contribution >= 4 is 11.9 Å². The molecule has 0 rings (SSSR count). The van der Waals surface area contributed by atoms with E-state index in [-0.39, 0.29) is 25.0 Å². The number of carbonyl (C=O) groups is 2. The van der Waals surface area contributed by atoms with E-state index in [4.69, 9.17) is 5.11 Å². The maximum absolute atomic E-state index is 11.7. The molecule has 1 amide bonds. The molecule has 0 aliphatic heterocycles. The van der Waals surface area contributed by atoms with Crippen LogP contribution in [0.15, 0.2) is 0 Å². The van der Waals surface area contributed by atoms with Crippen molar-refractivity contribution in [1.82, 2.24) is 10.2 Å². The van der Waals surface area contributed by atoms with Crippen LogP contribution in [0.3, 0.4) is 0 Å². The minimum atomic E-state index is -0.895. The predicted molar refractivity (Wildman–Crippen MR) is 66.9 cm³/mol. The molecule has 0 saturated heterocycles. The van der Waals surface area contributed by atoms with Crippen molar-refractivity contribution in [3.05, 3.63) is 0 Å². The second-order valence-corrected chi connectivity index (χ2v) is 4.19. The van der Waals surface area contributed by atoms with Gasteiger partial charge in [0.25, 0.3) is 0 Å². The summed E-state index contributed by atoms with van der Waals surface area (Å²) in [5.74, 6) is -0.984. The molecule has 0 aromatic rings. The van der Waals surface area contributed by atoms with Crippen molar-refractivity contribution in [3.8, 4) is 0 Å². The van der Waals surface area contributed by atoms with E-state index in [9.17, 15) is 9.59 Å². The van der Waals surface area contributed by atoms with Crippen molar-refractivity contribution in [1.29, 1.82) is 0 Å². The Morgan fingerprint density at radius 2 is 1.76 bits per heavy atom. The minimum absolute atomic E-state index is 0.0792. The molecule has 0 spiro atoms. The zero-order chi connectivity index (χ0) is 13.3. The van der Waals surface area contributed by atoms with Crippen molar-refractivity contribution in [2.24, 2.45) is 0 Å². The number of carboxylic acid groups (broad SMARTS) is 1. The molecule has 0 saturated carbocycles. The summed E-state index contributed by atoms with van der Waals surface area (Å²) in [5.41, 5.74) is 0. The third-order valence-corrected chi connectivity index (χ3v) is 2.62. The lowest BCUT2D eigenvalue weighted by atomic mass is 10.2. The first-order valence-electron chi connectivity index (χ1n) is 6.26. The van der Waals surface area contributed by atoms with Gasteiger partial charge < -0.3 is 10.4 Å². The third-order valence-electron chi connectivity index (χ3n) is 2.62. The van der Waals surface area contributed by atoms with Crippen LogP contribution in [0.1, 0.15) is 40.0 Å². The number of rotatable bonds is 9. The first kappa shape index (κ1) is 15.9. The van der Waals surface area contributed by atoms with E-state index in [2.05, 4.69) is 5.32 Å². The van der Waals surface area contributed by atoms with Gasteiger partial charge in [-0.05, 0) is 25.8 Å². The van der Waals surface area contributed by atoms with Crippen molar-refractivity contribution < 1.29 is 14.7 Å². The molecule has 0 bridgehead atoms. The summed E-state index contributed by atoms with van der Waals surface area (Å²) in [5, 5.41) is 11.6. The van der Waals surface area contributed by atoms with Gasteiger partial charge in [0.05, 0.1) is 13.1 Å². The van der Waals surface area contributed by atoms with Gasteiger partial charge in [-0.1, -0.05) is 20.8 Å². The molecule has 0 fully saturated rings. The zero-order valence-corrected chi connectivity index (χ0v) is 11.0. The van der Waals surface area contributed by atoms with E-state index in [0.29, 0.717) is 6.54 Å². The lowest BCUT2D eigenvalue weighted by Gasteiger charge is -2.21. The fourth-order valence-corrected chi connectivity index (χ4v) is 1.69. The van der Waals surface area contributed by atoms with E-state index in [1.165, 1.54) is 0 Å². The van der Waals surface area contributed by atoms with E-state index in [1.54, 1.807) is 4.90 Å². The molecule has 0 aliphatic rings. The van der Waals surface area contributed by atoms with Crippen LogP contribution in [0.2, 0.25) is 0 Å². The summed E-state index contributed by atoms with van der Waals surface area (Å²) >= 11 is 0. The van der Waals surface area contributed by atoms with E-state index >= 15 is 0 Å². The number of nitrogens with zero attached hydrogens (tertiary/aromatic N) is 1. The van der Waals surface area contributed by atoms with Gasteiger partial charge in [0.1, 0.15) is 0 Å². The molecule has 0 aliphatic carbocycles. The van der Waals surface area contributed by atoms with Gasteiger partial charge in [-0.3, -0.25) is 14.5 Å². The van der Waals surface area contributed by atoms with Crippen molar-refractivity contribution in [2.45, 2.75) is 46.1 Å². The summed E-state index contributed by atoms with van der Waals surface area (Å²) in [7, 11) is 0. The average Bonchev–Trinajstić information content (AvgIpc) is 2.25. The highest BCUT2D eigenvalue weighted by atomic mass is 16.4.